The number of benzene rings is 2. The molecule has 5 nitrogen and oxygen atoms in total. The normalized spacial score (nSPS) is 15.0. The average molecular weight is 345 g/mol. The largest absolute Gasteiger partial charge is 0.491 e. The van der Waals surface area contributed by atoms with E-state index in [1.165, 1.54) is 0 Å². The van der Waals surface area contributed by atoms with Crippen LogP contribution in [-0.2, 0) is 14.8 Å². The van der Waals surface area contributed by atoms with Crippen LogP contribution in [0.15, 0.2) is 45.7 Å². The minimum Gasteiger partial charge on any atom is -0.491 e. The molecular formula is C18H19NO4S. The molecule has 0 saturated heterocycles. The summed E-state index contributed by atoms with van der Waals surface area (Å²) in [4.78, 5) is 0.260. The van der Waals surface area contributed by atoms with Gasteiger partial charge in [-0.05, 0) is 43.2 Å². The standard InChI is InChI=1S/C18H19NO4S/c1-12-10-14(11-13(2)18(12)23-9-8-22-3)17-15-6-4-5-7-16(15)24(20,21)19-17/h4-7,10-11H,8-9H2,1-3H3. The Kier molecular flexibility index (Phi) is 4.43. The van der Waals surface area contributed by atoms with Gasteiger partial charge in [0.15, 0.2) is 0 Å². The van der Waals surface area contributed by atoms with Gasteiger partial charge in [-0.3, -0.25) is 0 Å². The van der Waals surface area contributed by atoms with Gasteiger partial charge in [-0.1, -0.05) is 18.2 Å². The maximum Gasteiger partial charge on any atom is 0.283 e. The third-order valence-electron chi connectivity index (χ3n) is 3.90. The molecule has 0 amide bonds. The van der Waals surface area contributed by atoms with Crippen LogP contribution in [0.5, 0.6) is 5.75 Å². The highest BCUT2D eigenvalue weighted by atomic mass is 32.2. The van der Waals surface area contributed by atoms with E-state index >= 15 is 0 Å². The Balaban J connectivity index is 2.03. The lowest BCUT2D eigenvalue weighted by Crippen LogP contribution is -2.08. The second kappa shape index (κ2) is 6.37. The Morgan fingerprint density at radius 2 is 1.71 bits per heavy atom. The van der Waals surface area contributed by atoms with Gasteiger partial charge in [-0.25, -0.2) is 0 Å². The maximum atomic E-state index is 12.2. The number of hydrogen-bond donors (Lipinski definition) is 0. The van der Waals surface area contributed by atoms with Crippen molar-refractivity contribution >= 4 is 15.7 Å². The summed E-state index contributed by atoms with van der Waals surface area (Å²) in [5, 5.41) is 0. The molecule has 0 aliphatic carbocycles. The fourth-order valence-electron chi connectivity index (χ4n) is 2.86. The molecular weight excluding hydrogens is 326 g/mol. The van der Waals surface area contributed by atoms with Crippen LogP contribution in [0.1, 0.15) is 22.3 Å². The van der Waals surface area contributed by atoms with Crippen LogP contribution >= 0.6 is 0 Å². The molecule has 0 fully saturated rings. The summed E-state index contributed by atoms with van der Waals surface area (Å²) in [5.74, 6) is 0.797. The first-order chi connectivity index (χ1) is 11.4. The molecule has 0 unspecified atom stereocenters. The Morgan fingerprint density at radius 1 is 1.04 bits per heavy atom. The second-order valence-corrected chi connectivity index (χ2v) is 7.26. The van der Waals surface area contributed by atoms with Crippen molar-refractivity contribution in [1.82, 2.24) is 0 Å². The highest BCUT2D eigenvalue weighted by molar-refractivity contribution is 7.90. The van der Waals surface area contributed by atoms with Crippen molar-refractivity contribution in [2.24, 2.45) is 4.40 Å². The smallest absolute Gasteiger partial charge is 0.283 e. The van der Waals surface area contributed by atoms with E-state index in [0.29, 0.717) is 24.5 Å². The lowest BCUT2D eigenvalue weighted by Gasteiger charge is -2.14. The number of nitrogens with zero attached hydrogens (tertiary/aromatic N) is 1. The zero-order chi connectivity index (χ0) is 17.3. The van der Waals surface area contributed by atoms with E-state index in [4.69, 9.17) is 9.47 Å². The third kappa shape index (κ3) is 2.95. The molecule has 3 rings (SSSR count). The minimum absolute atomic E-state index is 0.260. The number of rotatable bonds is 5. The summed E-state index contributed by atoms with van der Waals surface area (Å²) in [6.45, 7) is 4.86. The molecule has 0 spiro atoms. The molecule has 0 bridgehead atoms. The van der Waals surface area contributed by atoms with Gasteiger partial charge in [0, 0.05) is 18.2 Å². The molecule has 1 heterocycles. The molecule has 2 aromatic carbocycles. The van der Waals surface area contributed by atoms with Crippen LogP contribution in [0.3, 0.4) is 0 Å². The topological polar surface area (TPSA) is 65.0 Å². The van der Waals surface area contributed by atoms with Crippen LogP contribution < -0.4 is 4.74 Å². The molecule has 1 aliphatic heterocycles. The number of ether oxygens (including phenoxy) is 2. The molecule has 24 heavy (non-hydrogen) atoms. The van der Waals surface area contributed by atoms with Crippen molar-refractivity contribution in [2.75, 3.05) is 20.3 Å². The van der Waals surface area contributed by atoms with Gasteiger partial charge < -0.3 is 9.47 Å². The molecule has 0 saturated carbocycles. The van der Waals surface area contributed by atoms with Crippen molar-refractivity contribution < 1.29 is 17.9 Å². The van der Waals surface area contributed by atoms with E-state index in [-0.39, 0.29) is 4.90 Å². The summed E-state index contributed by atoms with van der Waals surface area (Å²) < 4.78 is 39.2. The summed E-state index contributed by atoms with van der Waals surface area (Å²) in [6.07, 6.45) is 0. The monoisotopic (exact) mass is 345 g/mol. The molecule has 0 aromatic heterocycles. The summed E-state index contributed by atoms with van der Waals surface area (Å²) in [6, 6.07) is 10.7. The van der Waals surface area contributed by atoms with Gasteiger partial charge in [0.2, 0.25) is 0 Å². The quantitative estimate of drug-likeness (QED) is 0.782. The van der Waals surface area contributed by atoms with Gasteiger partial charge >= 0.3 is 0 Å². The summed E-state index contributed by atoms with van der Waals surface area (Å²) in [5.41, 5.74) is 3.78. The Bertz CT molecular complexity index is 893. The van der Waals surface area contributed by atoms with E-state index < -0.39 is 10.0 Å². The molecule has 0 N–H and O–H groups in total. The van der Waals surface area contributed by atoms with Gasteiger partial charge in [-0.15, -0.1) is 0 Å². The van der Waals surface area contributed by atoms with E-state index in [1.54, 1.807) is 25.3 Å². The molecule has 2 aromatic rings. The van der Waals surface area contributed by atoms with Gasteiger partial charge in [0.1, 0.15) is 12.4 Å². The van der Waals surface area contributed by atoms with E-state index in [1.807, 2.05) is 32.0 Å². The first-order valence-electron chi connectivity index (χ1n) is 7.62. The van der Waals surface area contributed by atoms with Crippen molar-refractivity contribution in [3.05, 3.63) is 58.7 Å². The van der Waals surface area contributed by atoms with Crippen molar-refractivity contribution in [2.45, 2.75) is 18.7 Å². The van der Waals surface area contributed by atoms with Crippen molar-refractivity contribution in [3.8, 4) is 5.75 Å². The fraction of sp³-hybridized carbons (Fsp3) is 0.278. The number of methoxy groups -OCH3 is 1. The van der Waals surface area contributed by atoms with Crippen molar-refractivity contribution in [1.29, 1.82) is 0 Å². The van der Waals surface area contributed by atoms with Crippen LogP contribution in [0.4, 0.5) is 0 Å². The number of sulfonamides is 1. The predicted molar refractivity (Wildman–Crippen MR) is 92.6 cm³/mol. The van der Waals surface area contributed by atoms with E-state index in [9.17, 15) is 8.42 Å². The van der Waals surface area contributed by atoms with Gasteiger partial charge in [-0.2, -0.15) is 12.8 Å². The Labute approximate surface area is 142 Å². The zero-order valence-corrected chi connectivity index (χ0v) is 14.7. The number of fused-ring (bicyclic) bond motifs is 1. The van der Waals surface area contributed by atoms with Crippen LogP contribution in [-0.4, -0.2) is 34.5 Å². The van der Waals surface area contributed by atoms with E-state index in [2.05, 4.69) is 4.40 Å². The first kappa shape index (κ1) is 16.7. The second-order valence-electron chi connectivity index (χ2n) is 5.69. The molecule has 1 aliphatic rings. The molecule has 0 radical (unpaired) electrons. The highest BCUT2D eigenvalue weighted by Gasteiger charge is 2.29. The van der Waals surface area contributed by atoms with Crippen LogP contribution in [0.25, 0.3) is 0 Å². The Hall–Kier alpha value is -2.18. The third-order valence-corrected chi connectivity index (χ3v) is 5.23. The number of hydrogen-bond acceptors (Lipinski definition) is 4. The SMILES string of the molecule is COCCOc1c(C)cc(C2=NS(=O)(=O)c3ccccc32)cc1C. The van der Waals surface area contributed by atoms with E-state index in [0.717, 1.165) is 22.4 Å². The molecule has 126 valence electrons. The maximum absolute atomic E-state index is 12.2. The van der Waals surface area contributed by atoms with Crippen molar-refractivity contribution in [3.63, 3.8) is 0 Å². The number of aryl methyl sites for hydroxylation is 2. The summed E-state index contributed by atoms with van der Waals surface area (Å²) in [7, 11) is -1.99. The zero-order valence-electron chi connectivity index (χ0n) is 13.9. The highest BCUT2D eigenvalue weighted by Crippen LogP contribution is 2.32. The lowest BCUT2D eigenvalue weighted by atomic mass is 9.98. The summed E-state index contributed by atoms with van der Waals surface area (Å²) >= 11 is 0. The van der Waals surface area contributed by atoms with Gasteiger partial charge in [0.25, 0.3) is 10.0 Å². The average Bonchev–Trinajstić information content (AvgIpc) is 2.82. The molecule has 6 heteroatoms. The predicted octanol–water partition coefficient (Wildman–Crippen LogP) is 2.87. The Morgan fingerprint density at radius 3 is 2.38 bits per heavy atom. The van der Waals surface area contributed by atoms with Gasteiger partial charge in [0.05, 0.1) is 17.2 Å². The fourth-order valence-corrected chi connectivity index (χ4v) is 4.09. The molecule has 0 atom stereocenters. The minimum atomic E-state index is -3.62. The lowest BCUT2D eigenvalue weighted by molar-refractivity contribution is 0.145. The van der Waals surface area contributed by atoms with Crippen LogP contribution in [0.2, 0.25) is 0 Å². The first-order valence-corrected chi connectivity index (χ1v) is 9.06. The van der Waals surface area contributed by atoms with Crippen LogP contribution in [0, 0.1) is 13.8 Å².